The van der Waals surface area contributed by atoms with Crippen molar-refractivity contribution in [3.05, 3.63) is 83.9 Å². The molecule has 0 spiro atoms. The maximum Gasteiger partial charge on any atom is 0.234 e. The molecule has 0 aliphatic carbocycles. The van der Waals surface area contributed by atoms with E-state index in [1.165, 1.54) is 10.8 Å². The predicted octanol–water partition coefficient (Wildman–Crippen LogP) is 2.95. The molecule has 1 saturated heterocycles. The van der Waals surface area contributed by atoms with Crippen LogP contribution < -0.4 is 10.6 Å². The molecule has 1 aliphatic rings. The molecule has 1 atom stereocenters. The number of hydrogen-bond acceptors (Lipinski definition) is 4. The zero-order chi connectivity index (χ0) is 23.0. The molecule has 2 amide bonds. The third-order valence-electron chi connectivity index (χ3n) is 6.18. The van der Waals surface area contributed by atoms with E-state index in [9.17, 15) is 9.59 Å². The summed E-state index contributed by atoms with van der Waals surface area (Å²) in [5, 5.41) is 8.49. The van der Waals surface area contributed by atoms with Gasteiger partial charge in [0.25, 0.3) is 0 Å². The quantitative estimate of drug-likeness (QED) is 0.561. The monoisotopic (exact) mass is 444 g/mol. The van der Waals surface area contributed by atoms with Crippen molar-refractivity contribution in [2.24, 2.45) is 0 Å². The largest absolute Gasteiger partial charge is 0.351 e. The lowest BCUT2D eigenvalue weighted by Crippen LogP contribution is -2.51. The minimum atomic E-state index is -0.0447. The van der Waals surface area contributed by atoms with Gasteiger partial charge in [0.05, 0.1) is 19.1 Å². The Balaban J connectivity index is 1.17. The molecule has 1 unspecified atom stereocenters. The lowest BCUT2D eigenvalue weighted by molar-refractivity contribution is -0.125. The predicted molar refractivity (Wildman–Crippen MR) is 132 cm³/mol. The molecule has 172 valence electrons. The number of piperazine rings is 1. The van der Waals surface area contributed by atoms with E-state index in [1.54, 1.807) is 0 Å². The maximum atomic E-state index is 12.6. The number of fused-ring (bicyclic) bond motifs is 1. The topological polar surface area (TPSA) is 64.7 Å². The zero-order valence-electron chi connectivity index (χ0n) is 19.2. The van der Waals surface area contributed by atoms with Gasteiger partial charge in [-0.25, -0.2) is 0 Å². The Kier molecular flexibility index (Phi) is 7.70. The van der Waals surface area contributed by atoms with Crippen LogP contribution in [0.3, 0.4) is 0 Å². The SMILES string of the molecule is CC(NC(=O)CN1CCN(CC(=O)NCc2ccccc2)CC1)c1ccc2ccccc2c1. The number of nitrogens with one attached hydrogen (secondary N) is 2. The molecule has 3 aromatic rings. The summed E-state index contributed by atoms with van der Waals surface area (Å²) in [6.07, 6.45) is 0. The second kappa shape index (κ2) is 11.1. The molecule has 4 rings (SSSR count). The molecule has 3 aromatic carbocycles. The third kappa shape index (κ3) is 6.63. The van der Waals surface area contributed by atoms with Crippen LogP contribution >= 0.6 is 0 Å². The number of nitrogens with zero attached hydrogens (tertiary/aromatic N) is 2. The average molecular weight is 445 g/mol. The number of rotatable bonds is 8. The second-order valence-electron chi connectivity index (χ2n) is 8.71. The molecule has 6 nitrogen and oxygen atoms in total. The van der Waals surface area contributed by atoms with Crippen LogP contribution in [-0.4, -0.2) is 60.9 Å². The molecule has 1 heterocycles. The Morgan fingerprint density at radius 3 is 2.09 bits per heavy atom. The fourth-order valence-electron chi connectivity index (χ4n) is 4.21. The number of carbonyl (C=O) groups is 2. The van der Waals surface area contributed by atoms with Crippen LogP contribution in [0.1, 0.15) is 24.1 Å². The Hall–Kier alpha value is -3.22. The first-order valence-corrected chi connectivity index (χ1v) is 11.6. The number of hydrogen-bond donors (Lipinski definition) is 2. The summed E-state index contributed by atoms with van der Waals surface area (Å²) in [4.78, 5) is 29.2. The Labute approximate surface area is 195 Å². The molecule has 1 fully saturated rings. The Morgan fingerprint density at radius 1 is 0.788 bits per heavy atom. The first-order valence-electron chi connectivity index (χ1n) is 11.6. The van der Waals surface area contributed by atoms with Crippen molar-refractivity contribution in [2.75, 3.05) is 39.3 Å². The summed E-state index contributed by atoms with van der Waals surface area (Å²) in [5.74, 6) is 0.0685. The molecule has 33 heavy (non-hydrogen) atoms. The van der Waals surface area contributed by atoms with Crippen molar-refractivity contribution >= 4 is 22.6 Å². The number of benzene rings is 3. The highest BCUT2D eigenvalue weighted by atomic mass is 16.2. The van der Waals surface area contributed by atoms with Gasteiger partial charge in [-0.2, -0.15) is 0 Å². The maximum absolute atomic E-state index is 12.6. The van der Waals surface area contributed by atoms with Crippen LogP contribution in [-0.2, 0) is 16.1 Å². The minimum Gasteiger partial charge on any atom is -0.351 e. The van der Waals surface area contributed by atoms with Crippen LogP contribution in [0.4, 0.5) is 0 Å². The molecular formula is C27H32N4O2. The van der Waals surface area contributed by atoms with Gasteiger partial charge in [0.2, 0.25) is 11.8 Å². The molecule has 2 N–H and O–H groups in total. The van der Waals surface area contributed by atoms with Gasteiger partial charge in [-0.1, -0.05) is 66.7 Å². The molecule has 6 heteroatoms. The summed E-state index contributed by atoms with van der Waals surface area (Å²) in [5.41, 5.74) is 2.20. The van der Waals surface area contributed by atoms with Crippen molar-refractivity contribution in [3.8, 4) is 0 Å². The first kappa shape index (κ1) is 23.0. The van der Waals surface area contributed by atoms with Crippen molar-refractivity contribution < 1.29 is 9.59 Å². The summed E-state index contributed by atoms with van der Waals surface area (Å²) in [7, 11) is 0. The summed E-state index contributed by atoms with van der Waals surface area (Å²) >= 11 is 0. The van der Waals surface area contributed by atoms with Gasteiger partial charge in [-0.05, 0) is 34.9 Å². The molecule has 0 radical (unpaired) electrons. The fourth-order valence-corrected chi connectivity index (χ4v) is 4.21. The highest BCUT2D eigenvalue weighted by Gasteiger charge is 2.21. The Morgan fingerprint density at radius 2 is 1.39 bits per heavy atom. The van der Waals surface area contributed by atoms with Gasteiger partial charge >= 0.3 is 0 Å². The molecule has 1 aliphatic heterocycles. The van der Waals surface area contributed by atoms with Gasteiger partial charge in [-0.15, -0.1) is 0 Å². The highest BCUT2D eigenvalue weighted by molar-refractivity contribution is 5.83. The van der Waals surface area contributed by atoms with Gasteiger partial charge in [-0.3, -0.25) is 19.4 Å². The van der Waals surface area contributed by atoms with Crippen molar-refractivity contribution in [2.45, 2.75) is 19.5 Å². The molecule has 0 aromatic heterocycles. The van der Waals surface area contributed by atoms with Crippen molar-refractivity contribution in [1.82, 2.24) is 20.4 Å². The van der Waals surface area contributed by atoms with E-state index in [-0.39, 0.29) is 17.9 Å². The minimum absolute atomic E-state index is 0.0321. The van der Waals surface area contributed by atoms with Crippen LogP contribution in [0.25, 0.3) is 10.8 Å². The van der Waals surface area contributed by atoms with E-state index >= 15 is 0 Å². The van der Waals surface area contributed by atoms with E-state index < -0.39 is 0 Å². The second-order valence-corrected chi connectivity index (χ2v) is 8.71. The van der Waals surface area contributed by atoms with E-state index in [1.807, 2.05) is 49.4 Å². The van der Waals surface area contributed by atoms with E-state index in [0.717, 1.165) is 37.3 Å². The van der Waals surface area contributed by atoms with E-state index in [4.69, 9.17) is 0 Å². The summed E-state index contributed by atoms with van der Waals surface area (Å²) in [6.45, 7) is 6.48. The normalized spacial score (nSPS) is 15.8. The Bertz CT molecular complexity index is 1080. The van der Waals surface area contributed by atoms with Gasteiger partial charge in [0.15, 0.2) is 0 Å². The van der Waals surface area contributed by atoms with Crippen LogP contribution in [0.2, 0.25) is 0 Å². The number of amides is 2. The molecular weight excluding hydrogens is 412 g/mol. The zero-order valence-corrected chi connectivity index (χ0v) is 19.2. The average Bonchev–Trinajstić information content (AvgIpc) is 2.84. The van der Waals surface area contributed by atoms with Crippen LogP contribution in [0.15, 0.2) is 72.8 Å². The van der Waals surface area contributed by atoms with Crippen molar-refractivity contribution in [1.29, 1.82) is 0 Å². The smallest absolute Gasteiger partial charge is 0.234 e. The van der Waals surface area contributed by atoms with Gasteiger partial charge in [0.1, 0.15) is 0 Å². The van der Waals surface area contributed by atoms with E-state index in [2.05, 4.69) is 50.8 Å². The lowest BCUT2D eigenvalue weighted by atomic mass is 10.0. The van der Waals surface area contributed by atoms with Gasteiger partial charge in [0, 0.05) is 32.7 Å². The first-order chi connectivity index (χ1) is 16.1. The van der Waals surface area contributed by atoms with Crippen molar-refractivity contribution in [3.63, 3.8) is 0 Å². The lowest BCUT2D eigenvalue weighted by Gasteiger charge is -2.34. The standard InChI is InChI=1S/C27H32N4O2/c1-21(24-12-11-23-9-5-6-10-25(23)17-24)29-27(33)20-31-15-13-30(14-16-31)19-26(32)28-18-22-7-3-2-4-8-22/h2-12,17,21H,13-16,18-20H2,1H3,(H,28,32)(H,29,33). The van der Waals surface area contributed by atoms with Crippen LogP contribution in [0, 0.1) is 0 Å². The molecule has 0 saturated carbocycles. The van der Waals surface area contributed by atoms with E-state index in [0.29, 0.717) is 19.6 Å². The summed E-state index contributed by atoms with van der Waals surface area (Å²) < 4.78 is 0. The highest BCUT2D eigenvalue weighted by Crippen LogP contribution is 2.20. The fraction of sp³-hybridized carbons (Fsp3) is 0.333. The summed E-state index contributed by atoms with van der Waals surface area (Å²) in [6, 6.07) is 24.4. The molecule has 0 bridgehead atoms. The number of carbonyl (C=O) groups excluding carboxylic acids is 2. The third-order valence-corrected chi connectivity index (χ3v) is 6.18. The van der Waals surface area contributed by atoms with Crippen LogP contribution in [0.5, 0.6) is 0 Å². The van der Waals surface area contributed by atoms with Gasteiger partial charge < -0.3 is 10.6 Å².